The van der Waals surface area contributed by atoms with E-state index in [2.05, 4.69) is 4.99 Å². The van der Waals surface area contributed by atoms with E-state index in [1.54, 1.807) is 38.3 Å². The van der Waals surface area contributed by atoms with Crippen molar-refractivity contribution in [2.75, 3.05) is 6.61 Å². The number of esters is 1. The highest BCUT2D eigenvalue weighted by atomic mass is 32.1. The van der Waals surface area contributed by atoms with Gasteiger partial charge in [0.25, 0.3) is 5.91 Å². The molecule has 0 bridgehead atoms. The van der Waals surface area contributed by atoms with Gasteiger partial charge in [-0.05, 0) is 25.1 Å². The molecule has 0 atom stereocenters. The Morgan fingerprint density at radius 2 is 2.04 bits per heavy atom. The van der Waals surface area contributed by atoms with E-state index in [-0.39, 0.29) is 24.9 Å². The molecule has 5 nitrogen and oxygen atoms in total. The number of rotatable bonds is 3. The van der Waals surface area contributed by atoms with E-state index >= 15 is 0 Å². The van der Waals surface area contributed by atoms with Crippen LogP contribution in [0.25, 0.3) is 10.2 Å². The van der Waals surface area contributed by atoms with Crippen molar-refractivity contribution in [1.29, 1.82) is 0 Å². The number of fused-ring (bicyclic) bond motifs is 1. The molecule has 0 fully saturated rings. The fourth-order valence-corrected chi connectivity index (χ4v) is 2.93. The molecule has 0 saturated carbocycles. The average Bonchev–Trinajstić information content (AvgIpc) is 2.75. The van der Waals surface area contributed by atoms with Crippen molar-refractivity contribution in [1.82, 2.24) is 4.57 Å². The zero-order valence-corrected chi connectivity index (χ0v) is 14.4. The van der Waals surface area contributed by atoms with Gasteiger partial charge < -0.3 is 9.30 Å². The summed E-state index contributed by atoms with van der Waals surface area (Å²) in [5.41, 5.74) is 0.00771. The van der Waals surface area contributed by atoms with Crippen LogP contribution in [0.4, 0.5) is 4.39 Å². The number of benzene rings is 1. The number of hydrogen-bond donors (Lipinski definition) is 0. The third-order valence-corrected chi connectivity index (χ3v) is 4.12. The third-order valence-electron chi connectivity index (χ3n) is 3.08. The number of aromatic nitrogens is 1. The highest BCUT2D eigenvalue weighted by Crippen LogP contribution is 2.20. The summed E-state index contributed by atoms with van der Waals surface area (Å²) in [6.45, 7) is 7.21. The molecule has 0 N–H and O–H groups in total. The topological polar surface area (TPSA) is 60.7 Å². The van der Waals surface area contributed by atoms with Crippen LogP contribution in [0.2, 0.25) is 0 Å². The number of amides is 1. The number of ether oxygens (including phenoxy) is 1. The first kappa shape index (κ1) is 17.3. The second kappa shape index (κ2) is 6.62. The van der Waals surface area contributed by atoms with Crippen LogP contribution >= 0.6 is 11.3 Å². The minimum atomic E-state index is -0.636. The molecule has 2 aromatic rings. The predicted molar refractivity (Wildman–Crippen MR) is 86.4 cm³/mol. The van der Waals surface area contributed by atoms with E-state index in [1.165, 1.54) is 23.5 Å². The van der Waals surface area contributed by atoms with Crippen molar-refractivity contribution in [3.05, 3.63) is 28.8 Å². The van der Waals surface area contributed by atoms with Crippen LogP contribution in [0.5, 0.6) is 0 Å². The first-order valence-electron chi connectivity index (χ1n) is 7.26. The predicted octanol–water partition coefficient (Wildman–Crippen LogP) is 2.88. The zero-order chi connectivity index (χ0) is 17.2. The highest BCUT2D eigenvalue weighted by Gasteiger charge is 2.21. The molecule has 1 amide bonds. The van der Waals surface area contributed by atoms with Crippen molar-refractivity contribution in [2.45, 2.75) is 34.2 Å². The van der Waals surface area contributed by atoms with Crippen LogP contribution in [0.15, 0.2) is 23.2 Å². The van der Waals surface area contributed by atoms with Gasteiger partial charge in [-0.2, -0.15) is 4.99 Å². The number of thiazole rings is 1. The van der Waals surface area contributed by atoms with Gasteiger partial charge in [-0.15, -0.1) is 0 Å². The van der Waals surface area contributed by atoms with Gasteiger partial charge in [-0.25, -0.2) is 4.39 Å². The summed E-state index contributed by atoms with van der Waals surface area (Å²) in [4.78, 5) is 28.5. The molecule has 0 unspecified atom stereocenters. The van der Waals surface area contributed by atoms with Crippen LogP contribution in [-0.2, 0) is 20.9 Å². The lowest BCUT2D eigenvalue weighted by atomic mass is 9.96. The van der Waals surface area contributed by atoms with Crippen LogP contribution in [0.3, 0.4) is 0 Å². The average molecular weight is 338 g/mol. The Bertz CT molecular complexity index is 815. The summed E-state index contributed by atoms with van der Waals surface area (Å²) in [6, 6.07) is 4.25. The van der Waals surface area contributed by atoms with Crippen LogP contribution < -0.4 is 4.80 Å². The molecular formula is C16H19FN2O3S. The Morgan fingerprint density at radius 1 is 1.35 bits per heavy atom. The molecule has 0 aliphatic carbocycles. The van der Waals surface area contributed by atoms with Crippen molar-refractivity contribution < 1.29 is 18.7 Å². The van der Waals surface area contributed by atoms with Crippen molar-refractivity contribution in [2.24, 2.45) is 10.4 Å². The number of nitrogens with zero attached hydrogens (tertiary/aromatic N) is 2. The van der Waals surface area contributed by atoms with Crippen LogP contribution in [0.1, 0.15) is 27.7 Å². The summed E-state index contributed by atoms with van der Waals surface area (Å²) in [5.74, 6) is -1.11. The Kier molecular flexibility index (Phi) is 4.99. The Labute approximate surface area is 137 Å². The maximum absolute atomic E-state index is 13.4. The molecule has 0 aliphatic rings. The molecule has 23 heavy (non-hydrogen) atoms. The fourth-order valence-electron chi connectivity index (χ4n) is 1.88. The molecule has 1 heterocycles. The van der Waals surface area contributed by atoms with Crippen molar-refractivity contribution in [3.63, 3.8) is 0 Å². The molecule has 1 aromatic heterocycles. The minimum Gasteiger partial charge on any atom is -0.465 e. The van der Waals surface area contributed by atoms with Gasteiger partial charge in [0.1, 0.15) is 12.4 Å². The van der Waals surface area contributed by atoms with E-state index in [1.807, 2.05) is 0 Å². The number of halogens is 1. The molecule has 124 valence electrons. The maximum Gasteiger partial charge on any atom is 0.326 e. The van der Waals surface area contributed by atoms with Crippen LogP contribution in [-0.4, -0.2) is 23.1 Å². The smallest absolute Gasteiger partial charge is 0.326 e. The highest BCUT2D eigenvalue weighted by molar-refractivity contribution is 7.16. The third kappa shape index (κ3) is 4.04. The summed E-state index contributed by atoms with van der Waals surface area (Å²) >= 11 is 1.17. The van der Waals surface area contributed by atoms with Gasteiger partial charge in [0.15, 0.2) is 4.80 Å². The molecule has 1 aromatic carbocycles. The Hall–Kier alpha value is -2.02. The van der Waals surface area contributed by atoms with Gasteiger partial charge in [0, 0.05) is 5.41 Å². The van der Waals surface area contributed by atoms with Crippen molar-refractivity contribution in [3.8, 4) is 0 Å². The molecule has 2 rings (SSSR count). The van der Waals surface area contributed by atoms with E-state index in [0.29, 0.717) is 15.0 Å². The lowest BCUT2D eigenvalue weighted by Gasteiger charge is -2.12. The normalized spacial score (nSPS) is 12.7. The quantitative estimate of drug-likeness (QED) is 0.809. The lowest BCUT2D eigenvalue weighted by Crippen LogP contribution is -2.26. The van der Waals surface area contributed by atoms with E-state index in [0.717, 1.165) is 0 Å². The first-order valence-corrected chi connectivity index (χ1v) is 8.07. The summed E-state index contributed by atoms with van der Waals surface area (Å²) < 4.78 is 20.6. The van der Waals surface area contributed by atoms with Gasteiger partial charge in [-0.3, -0.25) is 9.59 Å². The molecule has 0 aliphatic heterocycles. The monoisotopic (exact) mass is 338 g/mol. The van der Waals surface area contributed by atoms with Crippen LogP contribution in [0, 0.1) is 11.2 Å². The molecule has 0 saturated heterocycles. The first-order chi connectivity index (χ1) is 10.7. The lowest BCUT2D eigenvalue weighted by molar-refractivity contribution is -0.143. The Morgan fingerprint density at radius 3 is 2.65 bits per heavy atom. The van der Waals surface area contributed by atoms with Gasteiger partial charge in [0.2, 0.25) is 0 Å². The number of hydrogen-bond acceptors (Lipinski definition) is 4. The summed E-state index contributed by atoms with van der Waals surface area (Å²) in [5, 5.41) is 0. The fraction of sp³-hybridized carbons (Fsp3) is 0.438. The van der Waals surface area contributed by atoms with Gasteiger partial charge in [-0.1, -0.05) is 32.1 Å². The maximum atomic E-state index is 13.4. The van der Waals surface area contributed by atoms with E-state index in [9.17, 15) is 14.0 Å². The van der Waals surface area contributed by atoms with Crippen molar-refractivity contribution >= 4 is 33.4 Å². The number of carbonyl (C=O) groups is 2. The molecule has 7 heteroatoms. The van der Waals surface area contributed by atoms with E-state index < -0.39 is 11.4 Å². The molecule has 0 radical (unpaired) electrons. The molecule has 0 spiro atoms. The van der Waals surface area contributed by atoms with E-state index in [4.69, 9.17) is 4.74 Å². The largest absolute Gasteiger partial charge is 0.465 e. The SMILES string of the molecule is CCOC(=O)Cn1c(=NC(=O)C(C)(C)C)sc2cc(F)ccc21. The molecular weight excluding hydrogens is 319 g/mol. The second-order valence-electron chi connectivity index (χ2n) is 6.05. The second-order valence-corrected chi connectivity index (χ2v) is 7.06. The summed E-state index contributed by atoms with van der Waals surface area (Å²) in [6.07, 6.45) is 0. The number of carbonyl (C=O) groups excluding carboxylic acids is 2. The Balaban J connectivity index is 2.60. The van der Waals surface area contributed by atoms with Gasteiger partial charge in [0.05, 0.1) is 16.8 Å². The minimum absolute atomic E-state index is 0.0737. The summed E-state index contributed by atoms with van der Waals surface area (Å²) in [7, 11) is 0. The zero-order valence-electron chi connectivity index (χ0n) is 13.6. The standard InChI is InChI=1S/C16H19FN2O3S/c1-5-22-13(20)9-19-11-7-6-10(17)8-12(11)23-15(19)18-14(21)16(2,3)4/h6-8H,5,9H2,1-4H3. The van der Waals surface area contributed by atoms with Gasteiger partial charge >= 0.3 is 5.97 Å².